The minimum Gasteiger partial charge on any atom is -0.493 e. The van der Waals surface area contributed by atoms with Crippen LogP contribution in [0.3, 0.4) is 0 Å². The summed E-state index contributed by atoms with van der Waals surface area (Å²) in [7, 11) is 1.72. The Kier molecular flexibility index (Phi) is 5.88. The van der Waals surface area contributed by atoms with Crippen molar-refractivity contribution in [2.45, 2.75) is 58.1 Å². The lowest BCUT2D eigenvalue weighted by atomic mass is 10.0. The van der Waals surface area contributed by atoms with Crippen LogP contribution in [0, 0.1) is 5.92 Å². The summed E-state index contributed by atoms with van der Waals surface area (Å²) < 4.78 is 11.8. The second kappa shape index (κ2) is 8.11. The lowest BCUT2D eigenvalue weighted by molar-refractivity contribution is 0.201. The number of hydrogen-bond donors (Lipinski definition) is 1. The molecule has 2 fully saturated rings. The number of hydrogen-bond acceptors (Lipinski definition) is 4. The molecular weight excluding hydrogens is 300 g/mol. The Morgan fingerprint density at radius 1 is 1.21 bits per heavy atom. The van der Waals surface area contributed by atoms with Crippen molar-refractivity contribution in [1.82, 2.24) is 5.32 Å². The lowest BCUT2D eigenvalue weighted by Crippen LogP contribution is -2.51. The largest absolute Gasteiger partial charge is 0.493 e. The van der Waals surface area contributed by atoms with Gasteiger partial charge in [0.2, 0.25) is 0 Å². The number of piperazine rings is 1. The predicted molar refractivity (Wildman–Crippen MR) is 99.3 cm³/mol. The minimum atomic E-state index is 0.353. The Bertz CT molecular complexity index is 526. The van der Waals surface area contributed by atoms with Gasteiger partial charge in [-0.3, -0.25) is 0 Å². The topological polar surface area (TPSA) is 33.7 Å². The number of rotatable bonds is 6. The van der Waals surface area contributed by atoms with Gasteiger partial charge in [0.05, 0.1) is 13.2 Å². The van der Waals surface area contributed by atoms with E-state index in [9.17, 15) is 0 Å². The van der Waals surface area contributed by atoms with Crippen LogP contribution in [-0.2, 0) is 0 Å². The summed E-state index contributed by atoms with van der Waals surface area (Å²) in [6.07, 6.45) is 6.46. The molecule has 4 nitrogen and oxygen atoms in total. The summed E-state index contributed by atoms with van der Waals surface area (Å²) in [5.41, 5.74) is 1.25. The normalized spacial score (nSPS) is 22.2. The average Bonchev–Trinajstić information content (AvgIpc) is 3.07. The van der Waals surface area contributed by atoms with Crippen molar-refractivity contribution >= 4 is 5.69 Å². The van der Waals surface area contributed by atoms with Crippen LogP contribution >= 0.6 is 0 Å². The van der Waals surface area contributed by atoms with Gasteiger partial charge in [0, 0.05) is 37.4 Å². The van der Waals surface area contributed by atoms with Gasteiger partial charge in [0.1, 0.15) is 0 Å². The molecule has 1 aliphatic heterocycles. The molecule has 1 saturated carbocycles. The van der Waals surface area contributed by atoms with Crippen molar-refractivity contribution in [3.05, 3.63) is 18.2 Å². The Morgan fingerprint density at radius 3 is 2.71 bits per heavy atom. The Hall–Kier alpha value is -1.42. The molecule has 2 aliphatic rings. The number of anilines is 1. The Balaban J connectivity index is 1.72. The van der Waals surface area contributed by atoms with Crippen LogP contribution < -0.4 is 19.7 Å². The summed E-state index contributed by atoms with van der Waals surface area (Å²) in [6, 6.07) is 6.96. The van der Waals surface area contributed by atoms with Crippen LogP contribution in [0.4, 0.5) is 5.69 Å². The first-order valence-electron chi connectivity index (χ1n) is 9.48. The second-order valence-corrected chi connectivity index (χ2v) is 7.59. The highest BCUT2D eigenvalue weighted by atomic mass is 16.5. The van der Waals surface area contributed by atoms with Gasteiger partial charge in [-0.2, -0.15) is 0 Å². The van der Waals surface area contributed by atoms with E-state index in [1.54, 1.807) is 7.11 Å². The summed E-state index contributed by atoms with van der Waals surface area (Å²) in [5.74, 6) is 2.47. The van der Waals surface area contributed by atoms with Gasteiger partial charge in [-0.15, -0.1) is 0 Å². The Morgan fingerprint density at radius 2 is 2.00 bits per heavy atom. The van der Waals surface area contributed by atoms with Crippen molar-refractivity contribution < 1.29 is 9.47 Å². The van der Waals surface area contributed by atoms with Gasteiger partial charge in [0.15, 0.2) is 11.5 Å². The van der Waals surface area contributed by atoms with E-state index >= 15 is 0 Å². The predicted octanol–water partition coefficient (Wildman–Crippen LogP) is 3.84. The van der Waals surface area contributed by atoms with E-state index in [2.05, 4.69) is 42.3 Å². The number of benzene rings is 1. The summed E-state index contributed by atoms with van der Waals surface area (Å²) in [6.45, 7) is 7.74. The van der Waals surface area contributed by atoms with E-state index in [1.165, 1.54) is 24.9 Å². The molecule has 24 heavy (non-hydrogen) atoms. The maximum Gasteiger partial charge on any atom is 0.163 e. The lowest BCUT2D eigenvalue weighted by Gasteiger charge is -2.36. The molecule has 1 atom stereocenters. The van der Waals surface area contributed by atoms with E-state index in [4.69, 9.17) is 9.47 Å². The highest BCUT2D eigenvalue weighted by Crippen LogP contribution is 2.35. The van der Waals surface area contributed by atoms with Crippen molar-refractivity contribution in [2.75, 3.05) is 31.6 Å². The molecule has 1 aromatic rings. The molecule has 0 spiro atoms. The van der Waals surface area contributed by atoms with Crippen LogP contribution in [0.5, 0.6) is 11.5 Å². The third kappa shape index (κ3) is 4.35. The van der Waals surface area contributed by atoms with Gasteiger partial charge < -0.3 is 19.7 Å². The zero-order valence-corrected chi connectivity index (χ0v) is 15.4. The maximum atomic E-state index is 6.25. The standard InChI is InChI=1S/C20H32N2O2/c1-15(2)12-16-14-22(11-10-21-16)17-8-9-19(23-3)20(13-17)24-18-6-4-5-7-18/h8-9,13,15-16,18,21H,4-7,10-12,14H2,1-3H3/t16-/m0/s1. The SMILES string of the molecule is COc1ccc(N2CCN[C@@H](CC(C)C)C2)cc1OC1CCCC1. The molecule has 1 saturated heterocycles. The van der Waals surface area contributed by atoms with E-state index in [1.807, 2.05) is 0 Å². The molecule has 4 heteroatoms. The molecule has 134 valence electrons. The molecule has 0 unspecified atom stereocenters. The van der Waals surface area contributed by atoms with E-state index in [0.717, 1.165) is 49.9 Å². The fourth-order valence-corrected chi connectivity index (χ4v) is 3.93. The van der Waals surface area contributed by atoms with E-state index in [0.29, 0.717) is 12.1 Å². The third-order valence-corrected chi connectivity index (χ3v) is 5.12. The van der Waals surface area contributed by atoms with Gasteiger partial charge in [0.25, 0.3) is 0 Å². The van der Waals surface area contributed by atoms with E-state index < -0.39 is 0 Å². The molecule has 1 N–H and O–H groups in total. The number of methoxy groups -OCH3 is 1. The zero-order valence-electron chi connectivity index (χ0n) is 15.4. The first-order chi connectivity index (χ1) is 11.7. The highest BCUT2D eigenvalue weighted by Gasteiger charge is 2.23. The quantitative estimate of drug-likeness (QED) is 0.858. The van der Waals surface area contributed by atoms with Crippen LogP contribution in [0.1, 0.15) is 46.0 Å². The Labute approximate surface area is 146 Å². The fraction of sp³-hybridized carbons (Fsp3) is 0.700. The molecule has 1 heterocycles. The molecular formula is C20H32N2O2. The van der Waals surface area contributed by atoms with Gasteiger partial charge >= 0.3 is 0 Å². The number of nitrogens with one attached hydrogen (secondary N) is 1. The summed E-state index contributed by atoms with van der Waals surface area (Å²) in [5, 5.41) is 3.65. The van der Waals surface area contributed by atoms with Crippen molar-refractivity contribution in [3.63, 3.8) is 0 Å². The number of nitrogens with zero attached hydrogens (tertiary/aromatic N) is 1. The molecule has 1 aromatic carbocycles. The average molecular weight is 332 g/mol. The summed E-state index contributed by atoms with van der Waals surface area (Å²) >= 11 is 0. The van der Waals surface area contributed by atoms with Gasteiger partial charge in [-0.1, -0.05) is 13.8 Å². The van der Waals surface area contributed by atoms with Gasteiger partial charge in [-0.25, -0.2) is 0 Å². The highest BCUT2D eigenvalue weighted by molar-refractivity contribution is 5.57. The summed E-state index contributed by atoms with van der Waals surface area (Å²) in [4.78, 5) is 2.48. The molecule has 1 aliphatic carbocycles. The first kappa shape index (κ1) is 17.4. The van der Waals surface area contributed by atoms with Crippen LogP contribution in [0.2, 0.25) is 0 Å². The molecule has 0 aromatic heterocycles. The second-order valence-electron chi connectivity index (χ2n) is 7.59. The van der Waals surface area contributed by atoms with Crippen LogP contribution in [0.15, 0.2) is 18.2 Å². The van der Waals surface area contributed by atoms with Crippen molar-refractivity contribution in [2.24, 2.45) is 5.92 Å². The minimum absolute atomic E-state index is 0.353. The smallest absolute Gasteiger partial charge is 0.163 e. The van der Waals surface area contributed by atoms with Crippen LogP contribution in [-0.4, -0.2) is 38.9 Å². The van der Waals surface area contributed by atoms with E-state index in [-0.39, 0.29) is 0 Å². The van der Waals surface area contributed by atoms with Crippen LogP contribution in [0.25, 0.3) is 0 Å². The zero-order chi connectivity index (χ0) is 16.9. The molecule has 0 amide bonds. The molecule has 0 radical (unpaired) electrons. The van der Waals surface area contributed by atoms with Crippen molar-refractivity contribution in [3.8, 4) is 11.5 Å². The molecule has 0 bridgehead atoms. The fourth-order valence-electron chi connectivity index (χ4n) is 3.93. The monoisotopic (exact) mass is 332 g/mol. The molecule has 3 rings (SSSR count). The van der Waals surface area contributed by atoms with Gasteiger partial charge in [-0.05, 0) is 50.2 Å². The van der Waals surface area contributed by atoms with Crippen molar-refractivity contribution in [1.29, 1.82) is 0 Å². The maximum absolute atomic E-state index is 6.25. The third-order valence-electron chi connectivity index (χ3n) is 5.12. The number of ether oxygens (including phenoxy) is 2. The first-order valence-corrected chi connectivity index (χ1v) is 9.48.